The van der Waals surface area contributed by atoms with Crippen LogP contribution in [0, 0.1) is 0 Å². The number of quaternary nitrogens is 1. The fourth-order valence-corrected chi connectivity index (χ4v) is 5.10. The molecule has 0 saturated carbocycles. The van der Waals surface area contributed by atoms with Crippen LogP contribution in [0.25, 0.3) is 0 Å². The van der Waals surface area contributed by atoms with Gasteiger partial charge in [0.25, 0.3) is 0 Å². The van der Waals surface area contributed by atoms with E-state index in [1.807, 2.05) is 0 Å². The second-order valence-electron chi connectivity index (χ2n) is 10.6. The molecule has 0 radical (unpaired) electrons. The third kappa shape index (κ3) is 20.3. The van der Waals surface area contributed by atoms with Crippen LogP contribution in [0.15, 0.2) is 12.2 Å². The van der Waals surface area contributed by atoms with Crippen molar-refractivity contribution >= 4 is 0 Å². The molecule has 0 amide bonds. The molecule has 0 fully saturated rings. The zero-order chi connectivity index (χ0) is 23.6. The highest BCUT2D eigenvalue weighted by Crippen LogP contribution is 2.19. The Kier molecular flexibility index (Phi) is 25.1. The van der Waals surface area contributed by atoms with Crippen LogP contribution in [0.3, 0.4) is 0 Å². The maximum Gasteiger partial charge on any atom is 0.0821 e. The van der Waals surface area contributed by atoms with Crippen LogP contribution < -0.4 is 0 Å². The van der Waals surface area contributed by atoms with Gasteiger partial charge in [0, 0.05) is 6.42 Å². The lowest BCUT2D eigenvalue weighted by molar-refractivity contribution is -0.928. The van der Waals surface area contributed by atoms with Crippen molar-refractivity contribution in [2.45, 2.75) is 163 Å². The Hall–Kier alpha value is -0.300. The van der Waals surface area contributed by atoms with Gasteiger partial charge in [0.05, 0.1) is 26.2 Å². The Balaban J connectivity index is 4.79. The van der Waals surface area contributed by atoms with Gasteiger partial charge in [-0.3, -0.25) is 0 Å². The second-order valence-corrected chi connectivity index (χ2v) is 10.6. The summed E-state index contributed by atoms with van der Waals surface area (Å²) in [6, 6.07) is 0. The molecule has 0 aromatic rings. The van der Waals surface area contributed by atoms with Crippen LogP contribution in [-0.4, -0.2) is 30.7 Å². The van der Waals surface area contributed by atoms with E-state index >= 15 is 0 Å². The summed E-state index contributed by atoms with van der Waals surface area (Å²) in [6.07, 6.45) is 34.6. The van der Waals surface area contributed by atoms with Crippen LogP contribution >= 0.6 is 0 Å². The minimum Gasteiger partial charge on any atom is -0.323 e. The average Bonchev–Trinajstić information content (AvgIpc) is 2.80. The second kappa shape index (κ2) is 25.3. The van der Waals surface area contributed by atoms with Gasteiger partial charge in [-0.2, -0.15) is 0 Å². The molecule has 0 aromatic heterocycles. The van der Waals surface area contributed by atoms with E-state index in [-0.39, 0.29) is 0 Å². The van der Waals surface area contributed by atoms with Crippen molar-refractivity contribution in [3.63, 3.8) is 0 Å². The lowest BCUT2D eigenvalue weighted by Gasteiger charge is -2.39. The zero-order valence-electron chi connectivity index (χ0n) is 23.3. The molecule has 0 aliphatic carbocycles. The van der Waals surface area contributed by atoms with Gasteiger partial charge in [-0.05, 0) is 44.9 Å². The summed E-state index contributed by atoms with van der Waals surface area (Å²) in [5, 5.41) is 0. The van der Waals surface area contributed by atoms with Gasteiger partial charge in [-0.15, -0.1) is 0 Å². The average molecular weight is 451 g/mol. The molecule has 0 heterocycles. The van der Waals surface area contributed by atoms with Crippen LogP contribution in [0.1, 0.15) is 163 Å². The van der Waals surface area contributed by atoms with Crippen molar-refractivity contribution in [2.75, 3.05) is 26.2 Å². The Morgan fingerprint density at radius 2 is 0.688 bits per heavy atom. The van der Waals surface area contributed by atoms with Crippen molar-refractivity contribution in [1.82, 2.24) is 0 Å². The molecule has 0 aliphatic heterocycles. The fourth-order valence-electron chi connectivity index (χ4n) is 5.10. The fraction of sp³-hybridized carbons (Fsp3) is 0.935. The van der Waals surface area contributed by atoms with E-state index in [0.717, 1.165) is 0 Å². The Morgan fingerprint density at radius 1 is 0.344 bits per heavy atom. The minimum atomic E-state index is 1.26. The molecule has 0 unspecified atom stereocenters. The maximum absolute atomic E-state index is 2.50. The molecule has 0 N–H and O–H groups in total. The number of nitrogens with zero attached hydrogens (tertiary/aromatic N) is 1. The predicted octanol–water partition coefficient (Wildman–Crippen LogP) is 10.6. The molecule has 32 heavy (non-hydrogen) atoms. The number of allylic oxidation sites excluding steroid dienone is 1. The third-order valence-electron chi connectivity index (χ3n) is 7.35. The summed E-state index contributed by atoms with van der Waals surface area (Å²) >= 11 is 0. The van der Waals surface area contributed by atoms with E-state index in [4.69, 9.17) is 0 Å². The number of unbranched alkanes of at least 4 members (excludes halogenated alkanes) is 16. The van der Waals surface area contributed by atoms with E-state index in [0.29, 0.717) is 0 Å². The molecular weight excluding hydrogens is 386 g/mol. The van der Waals surface area contributed by atoms with Crippen LogP contribution in [0.5, 0.6) is 0 Å². The van der Waals surface area contributed by atoms with Gasteiger partial charge in [0.1, 0.15) is 0 Å². The van der Waals surface area contributed by atoms with Crippen molar-refractivity contribution < 1.29 is 4.48 Å². The summed E-state index contributed by atoms with van der Waals surface area (Å²) in [7, 11) is 0. The Labute approximate surface area is 205 Å². The van der Waals surface area contributed by atoms with Gasteiger partial charge >= 0.3 is 0 Å². The van der Waals surface area contributed by atoms with E-state index in [1.165, 1.54) is 165 Å². The topological polar surface area (TPSA) is 0 Å². The number of rotatable bonds is 26. The van der Waals surface area contributed by atoms with Gasteiger partial charge in [0.15, 0.2) is 0 Å². The van der Waals surface area contributed by atoms with Crippen molar-refractivity contribution in [2.24, 2.45) is 0 Å². The van der Waals surface area contributed by atoms with Crippen molar-refractivity contribution in [1.29, 1.82) is 0 Å². The molecule has 0 atom stereocenters. The van der Waals surface area contributed by atoms with Gasteiger partial charge in [-0.25, -0.2) is 0 Å². The van der Waals surface area contributed by atoms with Crippen LogP contribution in [0.4, 0.5) is 0 Å². The summed E-state index contributed by atoms with van der Waals surface area (Å²) in [4.78, 5) is 0. The maximum atomic E-state index is 2.50. The van der Waals surface area contributed by atoms with Crippen LogP contribution in [-0.2, 0) is 0 Å². The summed E-state index contributed by atoms with van der Waals surface area (Å²) < 4.78 is 1.42. The third-order valence-corrected chi connectivity index (χ3v) is 7.35. The molecule has 0 rings (SSSR count). The highest BCUT2D eigenvalue weighted by atomic mass is 15.3. The predicted molar refractivity (Wildman–Crippen MR) is 149 cm³/mol. The normalized spacial score (nSPS) is 12.2. The molecule has 0 spiro atoms. The van der Waals surface area contributed by atoms with Gasteiger partial charge in [-0.1, -0.05) is 123 Å². The molecule has 192 valence electrons. The first-order valence-electron chi connectivity index (χ1n) is 15.2. The van der Waals surface area contributed by atoms with Crippen molar-refractivity contribution in [3.8, 4) is 0 Å². The highest BCUT2D eigenvalue weighted by Gasteiger charge is 2.25. The standard InChI is InChI=1S/C31H64N/c1-5-9-13-17-21-25-29-32(28-24-20-16-12-8-4,30-26-22-18-14-10-6-2)31-27-23-19-15-11-7-3/h16,20H,5-15,17-19,21-31H2,1-4H3/q+1. The van der Waals surface area contributed by atoms with Crippen molar-refractivity contribution in [3.05, 3.63) is 12.2 Å². The monoisotopic (exact) mass is 451 g/mol. The SMILES string of the molecule is CCCC=CCC[N+](CCCCCCCC)(CCCCCCCC)CCCCCCCC. The highest BCUT2D eigenvalue weighted by molar-refractivity contribution is 4.81. The van der Waals surface area contributed by atoms with Crippen LogP contribution in [0.2, 0.25) is 0 Å². The molecule has 0 aliphatic rings. The Morgan fingerprint density at radius 3 is 1.06 bits per heavy atom. The molecule has 0 saturated heterocycles. The molecule has 1 heteroatoms. The quantitative estimate of drug-likeness (QED) is 0.0698. The summed E-state index contributed by atoms with van der Waals surface area (Å²) in [5.74, 6) is 0. The first kappa shape index (κ1) is 31.7. The molecule has 0 bridgehead atoms. The van der Waals surface area contributed by atoms with E-state index in [9.17, 15) is 0 Å². The lowest BCUT2D eigenvalue weighted by atomic mass is 10.1. The summed E-state index contributed by atoms with van der Waals surface area (Å²) in [6.45, 7) is 15.0. The van der Waals surface area contributed by atoms with Gasteiger partial charge in [0.2, 0.25) is 0 Å². The molecule has 0 aromatic carbocycles. The zero-order valence-corrected chi connectivity index (χ0v) is 23.3. The smallest absolute Gasteiger partial charge is 0.0821 e. The van der Waals surface area contributed by atoms with Gasteiger partial charge < -0.3 is 4.48 Å². The van der Waals surface area contributed by atoms with E-state index in [2.05, 4.69) is 39.8 Å². The summed E-state index contributed by atoms with van der Waals surface area (Å²) in [5.41, 5.74) is 0. The first-order chi connectivity index (χ1) is 15.7. The first-order valence-corrected chi connectivity index (χ1v) is 15.2. The largest absolute Gasteiger partial charge is 0.323 e. The van der Waals surface area contributed by atoms with E-state index in [1.54, 1.807) is 0 Å². The number of hydrogen-bond acceptors (Lipinski definition) is 0. The minimum absolute atomic E-state index is 1.26. The molecule has 1 nitrogen and oxygen atoms in total. The van der Waals surface area contributed by atoms with E-state index < -0.39 is 0 Å². The number of hydrogen-bond donors (Lipinski definition) is 0. The Bertz CT molecular complexity index is 332. The molecular formula is C31H64N+. The lowest BCUT2D eigenvalue weighted by Crippen LogP contribution is -2.50.